The van der Waals surface area contributed by atoms with Crippen LogP contribution in [0.2, 0.25) is 0 Å². The van der Waals surface area contributed by atoms with Crippen molar-refractivity contribution in [3.63, 3.8) is 0 Å². The minimum atomic E-state index is -5.00. The monoisotopic (exact) mass is 378 g/mol. The molecule has 0 unspecified atom stereocenters. The molecular formula is C15H15F5N4O2. The van der Waals surface area contributed by atoms with Gasteiger partial charge in [-0.05, 0) is 18.6 Å². The van der Waals surface area contributed by atoms with Crippen LogP contribution in [0.15, 0.2) is 24.5 Å². The second-order valence-corrected chi connectivity index (χ2v) is 5.36. The minimum Gasteiger partial charge on any atom is -0.360 e. The van der Waals surface area contributed by atoms with Gasteiger partial charge in [0.25, 0.3) is 6.43 Å². The Kier molecular flexibility index (Phi) is 6.24. The van der Waals surface area contributed by atoms with Gasteiger partial charge in [-0.15, -0.1) is 13.2 Å². The fraction of sp³-hybridized carbons (Fsp3) is 0.400. The third kappa shape index (κ3) is 5.76. The van der Waals surface area contributed by atoms with Crippen molar-refractivity contribution in [2.24, 2.45) is 0 Å². The molecule has 1 aliphatic rings. The highest BCUT2D eigenvalue weighted by molar-refractivity contribution is 5.91. The van der Waals surface area contributed by atoms with Gasteiger partial charge in [0.1, 0.15) is 12.1 Å². The summed E-state index contributed by atoms with van der Waals surface area (Å²) in [6.07, 6.45) is -5.19. The number of amides is 1. The van der Waals surface area contributed by atoms with Gasteiger partial charge in [0, 0.05) is 24.0 Å². The highest BCUT2D eigenvalue weighted by Crippen LogP contribution is 2.25. The molecule has 142 valence electrons. The van der Waals surface area contributed by atoms with E-state index in [9.17, 15) is 26.7 Å². The number of anilines is 1. The van der Waals surface area contributed by atoms with Crippen molar-refractivity contribution < 1.29 is 31.9 Å². The van der Waals surface area contributed by atoms with Gasteiger partial charge in [-0.3, -0.25) is 4.79 Å². The predicted octanol–water partition coefficient (Wildman–Crippen LogP) is 2.71. The fourth-order valence-corrected chi connectivity index (χ4v) is 2.19. The number of carbonyl (C=O) groups is 1. The number of hydrogen-bond donors (Lipinski definition) is 2. The number of nitrogens with one attached hydrogen (secondary N) is 1. The van der Waals surface area contributed by atoms with E-state index in [1.54, 1.807) is 11.0 Å². The van der Waals surface area contributed by atoms with E-state index >= 15 is 0 Å². The summed E-state index contributed by atoms with van der Waals surface area (Å²) in [5.41, 5.74) is 0.352. The first kappa shape index (κ1) is 19.8. The van der Waals surface area contributed by atoms with E-state index in [-0.39, 0.29) is 18.0 Å². The van der Waals surface area contributed by atoms with E-state index in [4.69, 9.17) is 5.11 Å². The Bertz CT molecular complexity index is 759. The zero-order valence-electron chi connectivity index (χ0n) is 13.3. The Morgan fingerprint density at radius 3 is 2.46 bits per heavy atom. The first-order valence-corrected chi connectivity index (χ1v) is 7.48. The lowest BCUT2D eigenvalue weighted by molar-refractivity contribution is -0.295. The lowest BCUT2D eigenvalue weighted by atomic mass is 10.1. The maximum Gasteiger partial charge on any atom is 0.519 e. The number of aliphatic hydroxyl groups is 1. The van der Waals surface area contributed by atoms with Crippen LogP contribution in [-0.4, -0.2) is 51.9 Å². The Morgan fingerprint density at radius 2 is 1.92 bits per heavy atom. The van der Waals surface area contributed by atoms with Crippen LogP contribution in [0.3, 0.4) is 0 Å². The van der Waals surface area contributed by atoms with Gasteiger partial charge in [0.05, 0.1) is 12.1 Å². The molecule has 0 radical (unpaired) electrons. The molecule has 0 atom stereocenters. The molecule has 6 nitrogen and oxygen atoms in total. The SMILES string of the molecule is O=C(CNc1ncnc2cc(C(F)F)ccc12)N1CCC1.OC(F)(F)F. The molecule has 3 rings (SSSR count). The smallest absolute Gasteiger partial charge is 0.360 e. The summed E-state index contributed by atoms with van der Waals surface area (Å²) in [5.74, 6) is 0.493. The van der Waals surface area contributed by atoms with E-state index in [0.29, 0.717) is 16.7 Å². The summed E-state index contributed by atoms with van der Waals surface area (Å²) in [6, 6.07) is 4.23. The number of aromatic nitrogens is 2. The molecule has 0 aliphatic carbocycles. The van der Waals surface area contributed by atoms with Crippen molar-refractivity contribution in [1.82, 2.24) is 14.9 Å². The van der Waals surface area contributed by atoms with Crippen LogP contribution in [0.1, 0.15) is 18.4 Å². The largest absolute Gasteiger partial charge is 0.519 e. The topological polar surface area (TPSA) is 78.4 Å². The zero-order valence-corrected chi connectivity index (χ0v) is 13.3. The van der Waals surface area contributed by atoms with E-state index in [0.717, 1.165) is 19.5 Å². The minimum absolute atomic E-state index is 0.0113. The number of likely N-dealkylation sites (tertiary alicyclic amines) is 1. The van der Waals surface area contributed by atoms with Crippen molar-refractivity contribution >= 4 is 22.6 Å². The Morgan fingerprint density at radius 1 is 1.27 bits per heavy atom. The zero-order chi connectivity index (χ0) is 19.3. The average molecular weight is 378 g/mol. The maximum atomic E-state index is 12.7. The fourth-order valence-electron chi connectivity index (χ4n) is 2.19. The van der Waals surface area contributed by atoms with Gasteiger partial charge in [-0.2, -0.15) is 0 Å². The van der Waals surface area contributed by atoms with Crippen molar-refractivity contribution in [2.45, 2.75) is 19.2 Å². The van der Waals surface area contributed by atoms with Crippen LogP contribution in [0.5, 0.6) is 0 Å². The maximum absolute atomic E-state index is 12.7. The number of fused-ring (bicyclic) bond motifs is 1. The number of rotatable bonds is 4. The molecular weight excluding hydrogens is 363 g/mol. The number of halogens is 5. The number of nitrogens with zero attached hydrogens (tertiary/aromatic N) is 3. The summed E-state index contributed by atoms with van der Waals surface area (Å²) in [4.78, 5) is 21.6. The number of alkyl halides is 5. The quantitative estimate of drug-likeness (QED) is 0.800. The molecule has 1 amide bonds. The second-order valence-electron chi connectivity index (χ2n) is 5.36. The lowest BCUT2D eigenvalue weighted by Gasteiger charge is -2.31. The molecule has 26 heavy (non-hydrogen) atoms. The highest BCUT2D eigenvalue weighted by Gasteiger charge is 2.21. The van der Waals surface area contributed by atoms with Gasteiger partial charge in [-0.25, -0.2) is 18.7 Å². The van der Waals surface area contributed by atoms with E-state index < -0.39 is 12.8 Å². The summed E-state index contributed by atoms with van der Waals surface area (Å²) in [5, 5.41) is 10.1. The predicted molar refractivity (Wildman–Crippen MR) is 82.5 cm³/mol. The van der Waals surface area contributed by atoms with Crippen LogP contribution in [0.4, 0.5) is 27.8 Å². The summed E-state index contributed by atoms with van der Waals surface area (Å²) in [7, 11) is 0. The van der Waals surface area contributed by atoms with Crippen LogP contribution in [0.25, 0.3) is 10.9 Å². The van der Waals surface area contributed by atoms with Crippen molar-refractivity contribution in [3.05, 3.63) is 30.1 Å². The molecule has 0 bridgehead atoms. The van der Waals surface area contributed by atoms with Gasteiger partial charge < -0.3 is 15.3 Å². The van der Waals surface area contributed by atoms with Crippen molar-refractivity contribution in [1.29, 1.82) is 0 Å². The third-order valence-corrected chi connectivity index (χ3v) is 3.53. The number of hydrogen-bond acceptors (Lipinski definition) is 5. The van der Waals surface area contributed by atoms with Crippen LogP contribution < -0.4 is 5.32 Å². The normalized spacial score (nSPS) is 13.9. The van der Waals surface area contributed by atoms with Crippen LogP contribution >= 0.6 is 0 Å². The number of carbonyl (C=O) groups excluding carboxylic acids is 1. The Hall–Kier alpha value is -2.56. The molecule has 0 spiro atoms. The Balaban J connectivity index is 0.000000431. The molecule has 0 saturated carbocycles. The number of benzene rings is 1. The van der Waals surface area contributed by atoms with Gasteiger partial charge >= 0.3 is 6.36 Å². The van der Waals surface area contributed by atoms with E-state index in [1.165, 1.54) is 18.5 Å². The highest BCUT2D eigenvalue weighted by atomic mass is 19.4. The van der Waals surface area contributed by atoms with Gasteiger partial charge in [0.15, 0.2) is 0 Å². The third-order valence-electron chi connectivity index (χ3n) is 3.53. The Labute approximate surface area is 144 Å². The van der Waals surface area contributed by atoms with E-state index in [1.807, 2.05) is 0 Å². The molecule has 1 aromatic heterocycles. The molecule has 1 saturated heterocycles. The van der Waals surface area contributed by atoms with E-state index in [2.05, 4.69) is 15.3 Å². The molecule has 2 N–H and O–H groups in total. The van der Waals surface area contributed by atoms with Crippen molar-refractivity contribution in [3.8, 4) is 0 Å². The lowest BCUT2D eigenvalue weighted by Crippen LogP contribution is -2.44. The standard InChI is InChI=1S/C14H14F2N4O.CHF3O/c15-13(16)9-2-3-10-11(6-9)18-8-19-14(10)17-7-12(21)20-4-1-5-20;2-1(3,4)5/h2-3,6,8,13H,1,4-5,7H2,(H,17,18,19);5H. The second kappa shape index (κ2) is 8.21. The van der Waals surface area contributed by atoms with Crippen molar-refractivity contribution in [2.75, 3.05) is 25.0 Å². The first-order chi connectivity index (χ1) is 12.1. The van der Waals surface area contributed by atoms with Gasteiger partial charge in [0.2, 0.25) is 5.91 Å². The average Bonchev–Trinajstić information content (AvgIpc) is 2.48. The van der Waals surface area contributed by atoms with Crippen LogP contribution in [0, 0.1) is 0 Å². The molecule has 1 fully saturated rings. The molecule has 2 aromatic rings. The van der Waals surface area contributed by atoms with Crippen LogP contribution in [-0.2, 0) is 4.79 Å². The molecule has 1 aliphatic heterocycles. The summed E-state index contributed by atoms with van der Waals surface area (Å²) in [6.45, 7) is 1.73. The van der Waals surface area contributed by atoms with Gasteiger partial charge in [-0.1, -0.05) is 6.07 Å². The summed E-state index contributed by atoms with van der Waals surface area (Å²) >= 11 is 0. The summed E-state index contributed by atoms with van der Waals surface area (Å²) < 4.78 is 55.1. The molecule has 1 aromatic carbocycles. The molecule has 11 heteroatoms. The molecule has 2 heterocycles. The first-order valence-electron chi connectivity index (χ1n) is 7.48.